The Kier molecular flexibility index (Phi) is 5.76. The molecule has 0 aliphatic rings. The highest BCUT2D eigenvalue weighted by molar-refractivity contribution is 7.83. The molecule has 0 atom stereocenters. The number of nitrogens with zero attached hydrogens (tertiary/aromatic N) is 2. The Labute approximate surface area is 132 Å². The lowest BCUT2D eigenvalue weighted by molar-refractivity contribution is -0.512. The summed E-state index contributed by atoms with van der Waals surface area (Å²) >= 11 is 0. The summed E-state index contributed by atoms with van der Waals surface area (Å²) in [7, 11) is -4.01. The molecule has 0 aromatic carbocycles. The molecule has 1 heterocycles. The molecule has 0 saturated heterocycles. The summed E-state index contributed by atoms with van der Waals surface area (Å²) in [5, 5.41) is 0. The van der Waals surface area contributed by atoms with Gasteiger partial charge in [-0.25, -0.2) is 4.79 Å². The fraction of sp³-hybridized carbons (Fsp3) is 0.571. The van der Waals surface area contributed by atoms with Crippen LogP contribution in [0.4, 0.5) is 10.5 Å². The fourth-order valence-electron chi connectivity index (χ4n) is 1.82. The number of ether oxygens (including phenoxy) is 1. The van der Waals surface area contributed by atoms with Crippen molar-refractivity contribution in [1.82, 2.24) is 4.72 Å². The minimum Gasteiger partial charge on any atom is -0.443 e. The first kappa shape index (κ1) is 18.2. The second-order valence-corrected chi connectivity index (χ2v) is 7.24. The Morgan fingerprint density at radius 1 is 1.23 bits per heavy atom. The van der Waals surface area contributed by atoms with E-state index >= 15 is 0 Å². The van der Waals surface area contributed by atoms with Gasteiger partial charge in [-0.05, 0) is 34.6 Å². The van der Waals surface area contributed by atoms with E-state index in [-0.39, 0.29) is 0 Å². The van der Waals surface area contributed by atoms with Gasteiger partial charge in [-0.15, -0.1) is 8.42 Å². The Hall–Kier alpha value is -1.83. The largest absolute Gasteiger partial charge is 0.474 e. The molecule has 1 N–H and O–H groups in total. The minimum atomic E-state index is -4.01. The monoisotopic (exact) mass is 330 g/mol. The van der Waals surface area contributed by atoms with E-state index in [0.717, 1.165) is 22.7 Å². The molecule has 22 heavy (non-hydrogen) atoms. The van der Waals surface area contributed by atoms with Gasteiger partial charge >= 0.3 is 16.3 Å². The van der Waals surface area contributed by atoms with Gasteiger partial charge in [0.25, 0.3) is 0 Å². The highest BCUT2D eigenvalue weighted by atomic mass is 32.2. The van der Waals surface area contributed by atoms with Crippen LogP contribution >= 0.6 is 0 Å². The molecule has 0 aliphatic carbocycles. The smallest absolute Gasteiger partial charge is 0.443 e. The average molecular weight is 330 g/mol. The molecule has 0 fully saturated rings. The molecule has 7 nitrogen and oxygen atoms in total. The number of pyridine rings is 1. The van der Waals surface area contributed by atoms with E-state index < -0.39 is 21.9 Å². The van der Waals surface area contributed by atoms with Crippen molar-refractivity contribution in [3.05, 3.63) is 24.5 Å². The molecule has 1 rings (SSSR count). The predicted octanol–water partition coefficient (Wildman–Crippen LogP) is 1.44. The quantitative estimate of drug-likeness (QED) is 0.826. The zero-order valence-corrected chi connectivity index (χ0v) is 14.5. The molecule has 0 unspecified atom stereocenters. The van der Waals surface area contributed by atoms with Crippen LogP contribution in [0.25, 0.3) is 0 Å². The summed E-state index contributed by atoms with van der Waals surface area (Å²) in [6.07, 6.45) is 1.77. The lowest BCUT2D eigenvalue weighted by atomic mass is 10.2. The summed E-state index contributed by atoms with van der Waals surface area (Å²) in [6.45, 7) is 10.7. The summed E-state index contributed by atoms with van der Waals surface area (Å²) in [4.78, 5) is 13.7. The molecular weight excluding hydrogens is 306 g/mol. The van der Waals surface area contributed by atoms with E-state index in [1.54, 1.807) is 32.9 Å². The highest BCUT2D eigenvalue weighted by Crippen LogP contribution is 2.10. The number of carbonyl (C=O) groups is 1. The summed E-state index contributed by atoms with van der Waals surface area (Å²) in [5.74, 6) is 0. The maximum absolute atomic E-state index is 12.1. The molecule has 8 heteroatoms. The topological polar surface area (TPSA) is 79.6 Å². The highest BCUT2D eigenvalue weighted by Gasteiger charge is 2.28. The minimum absolute atomic E-state index is 0.767. The van der Waals surface area contributed by atoms with Crippen LogP contribution in [0.3, 0.4) is 0 Å². The number of rotatable bonds is 5. The molecular formula is C14H24N3O4S+. The number of aromatic nitrogens is 1. The Morgan fingerprint density at radius 3 is 2.14 bits per heavy atom. The van der Waals surface area contributed by atoms with Crippen LogP contribution in [0.15, 0.2) is 24.5 Å². The van der Waals surface area contributed by atoms with Crippen LogP contribution in [0, 0.1) is 0 Å². The van der Waals surface area contributed by atoms with Crippen molar-refractivity contribution in [3.63, 3.8) is 0 Å². The van der Waals surface area contributed by atoms with E-state index in [4.69, 9.17) is 4.74 Å². The van der Waals surface area contributed by atoms with E-state index in [1.165, 1.54) is 12.4 Å². The molecule has 1 aromatic heterocycles. The van der Waals surface area contributed by atoms with Gasteiger partial charge < -0.3 is 9.64 Å². The van der Waals surface area contributed by atoms with Gasteiger partial charge in [0.2, 0.25) is 0 Å². The van der Waals surface area contributed by atoms with Gasteiger partial charge in [-0.1, -0.05) is 3.97 Å². The van der Waals surface area contributed by atoms with Crippen molar-refractivity contribution in [1.29, 1.82) is 0 Å². The first-order chi connectivity index (χ1) is 10.1. The first-order valence-corrected chi connectivity index (χ1v) is 8.55. The van der Waals surface area contributed by atoms with Crippen LogP contribution in [-0.4, -0.2) is 33.2 Å². The van der Waals surface area contributed by atoms with Gasteiger partial charge in [0.05, 0.1) is 0 Å². The maximum atomic E-state index is 12.1. The van der Waals surface area contributed by atoms with Crippen LogP contribution in [-0.2, 0) is 14.9 Å². The lowest BCUT2D eigenvalue weighted by Gasteiger charge is -2.20. The average Bonchev–Trinajstić information content (AvgIpc) is 2.37. The van der Waals surface area contributed by atoms with Crippen LogP contribution < -0.4 is 13.6 Å². The zero-order valence-electron chi connectivity index (χ0n) is 13.7. The zero-order chi connectivity index (χ0) is 17.0. The van der Waals surface area contributed by atoms with Crippen LogP contribution in [0.1, 0.15) is 34.6 Å². The summed E-state index contributed by atoms with van der Waals surface area (Å²) in [6, 6.07) is 3.36. The lowest BCUT2D eigenvalue weighted by Crippen LogP contribution is -2.53. The van der Waals surface area contributed by atoms with Crippen LogP contribution in [0.5, 0.6) is 0 Å². The van der Waals surface area contributed by atoms with Gasteiger partial charge in [0.15, 0.2) is 12.4 Å². The molecule has 0 saturated carbocycles. The van der Waals surface area contributed by atoms with Crippen molar-refractivity contribution in [2.24, 2.45) is 0 Å². The Balaban J connectivity index is 2.88. The van der Waals surface area contributed by atoms with Gasteiger partial charge in [0.1, 0.15) is 5.60 Å². The SMILES string of the molecule is CCN(CC)c1cc[n+](S(=O)(=O)NC(=O)OC(C)(C)C)cc1. The van der Waals surface area contributed by atoms with E-state index in [9.17, 15) is 13.2 Å². The van der Waals surface area contributed by atoms with Crippen molar-refractivity contribution in [3.8, 4) is 0 Å². The second kappa shape index (κ2) is 6.95. The third kappa shape index (κ3) is 5.18. The van der Waals surface area contributed by atoms with Crippen LogP contribution in [0.2, 0.25) is 0 Å². The first-order valence-electron chi connectivity index (χ1n) is 7.11. The van der Waals surface area contributed by atoms with Crippen molar-refractivity contribution >= 4 is 22.0 Å². The van der Waals surface area contributed by atoms with Gasteiger partial charge in [0, 0.05) is 30.9 Å². The second-order valence-electron chi connectivity index (χ2n) is 5.67. The van der Waals surface area contributed by atoms with E-state index in [0.29, 0.717) is 0 Å². The van der Waals surface area contributed by atoms with Gasteiger partial charge in [-0.2, -0.15) is 4.72 Å². The maximum Gasteiger partial charge on any atom is 0.474 e. The van der Waals surface area contributed by atoms with Crippen molar-refractivity contribution < 1.29 is 21.9 Å². The Bertz CT molecular complexity index is 602. The number of carbonyl (C=O) groups excluding carboxylic acids is 1. The normalized spacial score (nSPS) is 11.9. The predicted molar refractivity (Wildman–Crippen MR) is 83.9 cm³/mol. The Morgan fingerprint density at radius 2 is 1.73 bits per heavy atom. The van der Waals surface area contributed by atoms with Crippen molar-refractivity contribution in [2.75, 3.05) is 18.0 Å². The molecule has 1 amide bonds. The molecule has 0 aliphatic heterocycles. The third-order valence-corrected chi connectivity index (χ3v) is 4.02. The van der Waals surface area contributed by atoms with E-state index in [2.05, 4.69) is 4.90 Å². The fourth-order valence-corrected chi connectivity index (χ4v) is 2.62. The van der Waals surface area contributed by atoms with E-state index in [1.807, 2.05) is 18.6 Å². The van der Waals surface area contributed by atoms with Gasteiger partial charge in [-0.3, -0.25) is 0 Å². The molecule has 1 aromatic rings. The number of hydrogen-bond donors (Lipinski definition) is 1. The number of anilines is 1. The standard InChI is InChI=1S/C14H23N3O4S/c1-6-16(7-2)12-8-10-17(11-9-12)22(19,20)15-13(18)21-14(3,4)5/h8-11H,6-7H2,1-5H3/p+1. The van der Waals surface area contributed by atoms with Crippen molar-refractivity contribution in [2.45, 2.75) is 40.2 Å². The molecule has 0 spiro atoms. The number of amides is 1. The third-order valence-electron chi connectivity index (χ3n) is 2.80. The molecule has 124 valence electrons. The molecule has 0 radical (unpaired) electrons. The summed E-state index contributed by atoms with van der Waals surface area (Å²) in [5.41, 5.74) is 0.144. The number of nitrogens with one attached hydrogen (secondary N) is 1. The number of hydrogen-bond acceptors (Lipinski definition) is 5. The molecule has 0 bridgehead atoms. The summed E-state index contributed by atoms with van der Waals surface area (Å²) < 4.78 is 31.9.